The molecule has 2 heteroatoms. The Labute approximate surface area is 95.0 Å². The van der Waals surface area contributed by atoms with Crippen molar-refractivity contribution >= 4 is 8.32 Å². The second kappa shape index (κ2) is 3.37. The highest BCUT2D eigenvalue weighted by molar-refractivity contribution is 6.70. The van der Waals surface area contributed by atoms with Crippen LogP contribution in [0.15, 0.2) is 11.8 Å². The van der Waals surface area contributed by atoms with Gasteiger partial charge in [-0.2, -0.15) is 0 Å². The van der Waals surface area contributed by atoms with Crippen LogP contribution in [-0.2, 0) is 4.43 Å². The van der Waals surface area contributed by atoms with Gasteiger partial charge >= 0.3 is 0 Å². The zero-order valence-electron chi connectivity index (χ0n) is 10.8. The van der Waals surface area contributed by atoms with E-state index < -0.39 is 8.32 Å². The Hall–Kier alpha value is -0.243. The molecule has 0 N–H and O–H groups in total. The lowest BCUT2D eigenvalue weighted by molar-refractivity contribution is -0.0217. The van der Waals surface area contributed by atoms with E-state index in [0.29, 0.717) is 5.41 Å². The van der Waals surface area contributed by atoms with Crippen molar-refractivity contribution in [1.82, 2.24) is 0 Å². The Bertz CT molecular complexity index is 285. The van der Waals surface area contributed by atoms with Crippen molar-refractivity contribution in [3.8, 4) is 0 Å². The average Bonchev–Trinajstić information content (AvgIpc) is 2.04. The molecule has 2 aliphatic rings. The van der Waals surface area contributed by atoms with Crippen LogP contribution in [0.5, 0.6) is 0 Å². The van der Waals surface area contributed by atoms with Gasteiger partial charge in [0.2, 0.25) is 8.32 Å². The zero-order chi connectivity index (χ0) is 11.3. The Balaban J connectivity index is 2.06. The summed E-state index contributed by atoms with van der Waals surface area (Å²) in [7, 11) is -1.40. The van der Waals surface area contributed by atoms with Crippen LogP contribution in [0.2, 0.25) is 19.6 Å². The van der Waals surface area contributed by atoms with E-state index in [1.807, 2.05) is 0 Å². The van der Waals surface area contributed by atoms with Crippen LogP contribution in [0.1, 0.15) is 33.1 Å². The van der Waals surface area contributed by atoms with Gasteiger partial charge in [-0.25, -0.2) is 0 Å². The van der Waals surface area contributed by atoms with Crippen molar-refractivity contribution in [3.05, 3.63) is 11.8 Å². The first-order valence-electron chi connectivity index (χ1n) is 6.19. The molecule has 0 aromatic rings. The highest BCUT2D eigenvalue weighted by Crippen LogP contribution is 2.57. The number of fused-ring (bicyclic) bond motifs is 1. The molecule has 1 fully saturated rings. The Morgan fingerprint density at radius 3 is 2.53 bits per heavy atom. The summed E-state index contributed by atoms with van der Waals surface area (Å²) in [5, 5.41) is 0. The van der Waals surface area contributed by atoms with E-state index in [1.165, 1.54) is 25.0 Å². The topological polar surface area (TPSA) is 9.23 Å². The normalized spacial score (nSPS) is 33.8. The molecule has 0 aromatic carbocycles. The molecule has 0 saturated heterocycles. The molecule has 2 atom stereocenters. The highest BCUT2D eigenvalue weighted by atomic mass is 28.4. The van der Waals surface area contributed by atoms with Crippen LogP contribution in [-0.4, -0.2) is 8.32 Å². The van der Waals surface area contributed by atoms with Gasteiger partial charge in [0.05, 0.1) is 5.76 Å². The molecule has 15 heavy (non-hydrogen) atoms. The number of hydrogen-bond donors (Lipinski definition) is 0. The molecule has 0 heterocycles. The minimum Gasteiger partial charge on any atom is -0.547 e. The average molecular weight is 224 g/mol. The van der Waals surface area contributed by atoms with Gasteiger partial charge in [-0.05, 0) is 56.3 Å². The first kappa shape index (κ1) is 11.2. The second-order valence-corrected chi connectivity index (χ2v) is 11.2. The molecule has 1 nitrogen and oxygen atoms in total. The van der Waals surface area contributed by atoms with E-state index >= 15 is 0 Å². The van der Waals surface area contributed by atoms with Crippen LogP contribution >= 0.6 is 0 Å². The first-order chi connectivity index (χ1) is 6.80. The number of allylic oxidation sites excluding steroid dienone is 2. The van der Waals surface area contributed by atoms with E-state index in [-0.39, 0.29) is 0 Å². The van der Waals surface area contributed by atoms with Gasteiger partial charge in [0, 0.05) is 5.92 Å². The lowest BCUT2D eigenvalue weighted by atomic mass is 9.52. The fourth-order valence-corrected chi connectivity index (χ4v) is 4.10. The molecule has 0 spiro atoms. The van der Waals surface area contributed by atoms with Crippen LogP contribution in [0, 0.1) is 17.3 Å². The lowest BCUT2D eigenvalue weighted by Crippen LogP contribution is -2.47. The van der Waals surface area contributed by atoms with Gasteiger partial charge < -0.3 is 4.43 Å². The summed E-state index contributed by atoms with van der Waals surface area (Å²) in [5.74, 6) is 2.97. The van der Waals surface area contributed by atoms with E-state index in [4.69, 9.17) is 4.43 Å². The highest BCUT2D eigenvalue weighted by Gasteiger charge is 2.50. The SMILES string of the molecule is CC1(C)C[C@@H]2C(O[Si](C)(C)C)=CCC[C@@H]21. The smallest absolute Gasteiger partial charge is 0.241 e. The number of rotatable bonds is 2. The van der Waals surface area contributed by atoms with Crippen LogP contribution in [0.4, 0.5) is 0 Å². The van der Waals surface area contributed by atoms with E-state index in [0.717, 1.165) is 11.8 Å². The van der Waals surface area contributed by atoms with E-state index in [9.17, 15) is 0 Å². The number of hydrogen-bond acceptors (Lipinski definition) is 1. The summed E-state index contributed by atoms with van der Waals surface area (Å²) >= 11 is 0. The van der Waals surface area contributed by atoms with Gasteiger partial charge in [-0.3, -0.25) is 0 Å². The predicted molar refractivity (Wildman–Crippen MR) is 67.1 cm³/mol. The van der Waals surface area contributed by atoms with Gasteiger partial charge in [-0.15, -0.1) is 0 Å². The predicted octanol–water partition coefficient (Wildman–Crippen LogP) is 4.18. The Morgan fingerprint density at radius 2 is 2.00 bits per heavy atom. The quantitative estimate of drug-likeness (QED) is 0.639. The zero-order valence-corrected chi connectivity index (χ0v) is 11.8. The van der Waals surface area contributed by atoms with E-state index in [2.05, 4.69) is 39.6 Å². The van der Waals surface area contributed by atoms with Crippen molar-refractivity contribution in [2.75, 3.05) is 0 Å². The first-order valence-corrected chi connectivity index (χ1v) is 9.59. The summed E-state index contributed by atoms with van der Waals surface area (Å²) in [5.41, 5.74) is 0.562. The third-order valence-electron chi connectivity index (χ3n) is 3.85. The Morgan fingerprint density at radius 1 is 1.33 bits per heavy atom. The van der Waals surface area contributed by atoms with E-state index in [1.54, 1.807) is 0 Å². The van der Waals surface area contributed by atoms with Crippen LogP contribution in [0.3, 0.4) is 0 Å². The molecule has 0 amide bonds. The molecule has 0 aromatic heterocycles. The molecule has 0 radical (unpaired) electrons. The molecule has 1 saturated carbocycles. The summed E-state index contributed by atoms with van der Waals surface area (Å²) in [6, 6.07) is 0. The standard InChI is InChI=1S/C13H24OSi/c1-13(2)9-10-11(13)7-6-8-12(10)14-15(3,4)5/h8,10-11H,6-7,9H2,1-5H3/t10-,11-/m0/s1. The Kier molecular flexibility index (Phi) is 2.53. The van der Waals surface area contributed by atoms with Crippen LogP contribution in [0.25, 0.3) is 0 Å². The molecular formula is C13H24OSi. The second-order valence-electron chi connectivity index (χ2n) is 6.80. The maximum Gasteiger partial charge on any atom is 0.241 e. The fraction of sp³-hybridized carbons (Fsp3) is 0.846. The molecule has 2 aliphatic carbocycles. The van der Waals surface area contributed by atoms with Gasteiger partial charge in [0.1, 0.15) is 0 Å². The van der Waals surface area contributed by atoms with Crippen molar-refractivity contribution in [1.29, 1.82) is 0 Å². The van der Waals surface area contributed by atoms with Gasteiger partial charge in [-0.1, -0.05) is 13.8 Å². The van der Waals surface area contributed by atoms with Gasteiger partial charge in [0.15, 0.2) is 0 Å². The largest absolute Gasteiger partial charge is 0.547 e. The maximum atomic E-state index is 6.21. The summed E-state index contributed by atoms with van der Waals surface area (Å²) in [6.45, 7) is 11.7. The monoisotopic (exact) mass is 224 g/mol. The molecule has 0 unspecified atom stereocenters. The lowest BCUT2D eigenvalue weighted by Gasteiger charge is -2.54. The molecule has 86 valence electrons. The van der Waals surface area contributed by atoms with Crippen molar-refractivity contribution in [2.24, 2.45) is 17.3 Å². The maximum absolute atomic E-state index is 6.21. The van der Waals surface area contributed by atoms with Crippen molar-refractivity contribution in [2.45, 2.75) is 52.8 Å². The summed E-state index contributed by atoms with van der Waals surface area (Å²) < 4.78 is 6.21. The van der Waals surface area contributed by atoms with Gasteiger partial charge in [0.25, 0.3) is 0 Å². The molecular weight excluding hydrogens is 200 g/mol. The minimum absolute atomic E-state index is 0.562. The third-order valence-corrected chi connectivity index (χ3v) is 4.70. The summed E-state index contributed by atoms with van der Waals surface area (Å²) in [4.78, 5) is 0. The molecule has 0 aliphatic heterocycles. The van der Waals surface area contributed by atoms with Crippen LogP contribution < -0.4 is 0 Å². The van der Waals surface area contributed by atoms with Crippen molar-refractivity contribution < 1.29 is 4.43 Å². The molecule has 2 rings (SSSR count). The van der Waals surface area contributed by atoms with Crippen molar-refractivity contribution in [3.63, 3.8) is 0 Å². The fourth-order valence-electron chi connectivity index (χ4n) is 3.16. The minimum atomic E-state index is -1.40. The summed E-state index contributed by atoms with van der Waals surface area (Å²) in [6.07, 6.45) is 6.28. The molecule has 0 bridgehead atoms. The third kappa shape index (κ3) is 2.15.